The molecule has 10 nitrogen and oxygen atoms in total. The fourth-order valence-corrected chi connectivity index (χ4v) is 3.88. The van der Waals surface area contributed by atoms with Crippen LogP contribution in [0.2, 0.25) is 0 Å². The third-order valence-electron chi connectivity index (χ3n) is 5.80. The number of fused-ring (bicyclic) bond motifs is 1. The van der Waals surface area contributed by atoms with Crippen molar-refractivity contribution in [2.75, 3.05) is 26.7 Å². The molecular formula is C22H26N6O4. The number of H-pyrrole nitrogens is 1. The number of carbonyl (C=O) groups excluding carboxylic acids is 3. The van der Waals surface area contributed by atoms with Gasteiger partial charge in [-0.1, -0.05) is 18.9 Å². The van der Waals surface area contributed by atoms with Gasteiger partial charge in [0.1, 0.15) is 23.5 Å². The number of ether oxygens (including phenoxy) is 1. The van der Waals surface area contributed by atoms with E-state index in [4.69, 9.17) is 4.74 Å². The van der Waals surface area contributed by atoms with Crippen molar-refractivity contribution in [1.82, 2.24) is 25.8 Å². The van der Waals surface area contributed by atoms with E-state index in [1.165, 1.54) is 4.90 Å². The molecule has 4 N–H and O–H groups in total. The Bertz CT molecular complexity index is 1070. The number of nitrogens with zero attached hydrogens (tertiary/aromatic N) is 2. The summed E-state index contributed by atoms with van der Waals surface area (Å²) in [6.07, 6.45) is 2.53. The number of nitrogens with one attached hydrogen (secondary N) is 4. The molecule has 0 unspecified atom stereocenters. The van der Waals surface area contributed by atoms with E-state index < -0.39 is 23.9 Å². The first-order chi connectivity index (χ1) is 15.5. The molecule has 4 rings (SSSR count). The second kappa shape index (κ2) is 9.18. The number of nitriles is 1. The number of hydrogen-bond acceptors (Lipinski definition) is 5. The molecule has 0 spiro atoms. The van der Waals surface area contributed by atoms with Crippen molar-refractivity contribution >= 4 is 28.7 Å². The van der Waals surface area contributed by atoms with Crippen molar-refractivity contribution < 1.29 is 19.1 Å². The Morgan fingerprint density at radius 1 is 1.34 bits per heavy atom. The molecule has 1 saturated carbocycles. The fourth-order valence-electron chi connectivity index (χ4n) is 3.88. The lowest BCUT2D eigenvalue weighted by Crippen LogP contribution is -2.52. The van der Waals surface area contributed by atoms with Gasteiger partial charge in [0.25, 0.3) is 5.91 Å². The number of aromatic nitrogens is 1. The largest absolute Gasteiger partial charge is 0.496 e. The predicted octanol–water partition coefficient (Wildman–Crippen LogP) is 1.11. The van der Waals surface area contributed by atoms with Gasteiger partial charge in [0, 0.05) is 24.0 Å². The third-order valence-corrected chi connectivity index (χ3v) is 5.80. The second-order valence-electron chi connectivity index (χ2n) is 8.18. The van der Waals surface area contributed by atoms with E-state index in [0.29, 0.717) is 36.9 Å². The molecule has 1 aromatic heterocycles. The molecule has 2 atom stereocenters. The minimum Gasteiger partial charge on any atom is -0.496 e. The summed E-state index contributed by atoms with van der Waals surface area (Å²) in [5.74, 6) is 0.188. The zero-order valence-corrected chi connectivity index (χ0v) is 17.8. The summed E-state index contributed by atoms with van der Waals surface area (Å²) in [6.45, 7) is 1.10. The van der Waals surface area contributed by atoms with E-state index >= 15 is 0 Å². The van der Waals surface area contributed by atoms with Crippen LogP contribution in [0.25, 0.3) is 10.9 Å². The van der Waals surface area contributed by atoms with Gasteiger partial charge in [-0.15, -0.1) is 0 Å². The molecule has 2 aromatic rings. The minimum absolute atomic E-state index is 0.0972. The van der Waals surface area contributed by atoms with Gasteiger partial charge in [0.2, 0.25) is 5.91 Å². The highest BCUT2D eigenvalue weighted by Gasteiger charge is 2.32. The van der Waals surface area contributed by atoms with Crippen molar-refractivity contribution in [3.8, 4) is 11.8 Å². The summed E-state index contributed by atoms with van der Waals surface area (Å²) in [7, 11) is 1.56. The number of amides is 4. The maximum Gasteiger partial charge on any atom is 0.317 e. The molecule has 1 aliphatic heterocycles. The Morgan fingerprint density at radius 2 is 2.16 bits per heavy atom. The van der Waals surface area contributed by atoms with Gasteiger partial charge in [0.05, 0.1) is 19.7 Å². The van der Waals surface area contributed by atoms with Crippen LogP contribution in [0, 0.1) is 17.2 Å². The zero-order valence-electron chi connectivity index (χ0n) is 17.8. The fraction of sp³-hybridized carbons (Fsp3) is 0.455. The molecule has 1 aromatic carbocycles. The number of aromatic amines is 1. The molecule has 32 heavy (non-hydrogen) atoms. The number of methoxy groups -OCH3 is 1. The minimum atomic E-state index is -0.859. The van der Waals surface area contributed by atoms with Crippen molar-refractivity contribution in [2.45, 2.75) is 31.3 Å². The Hall–Kier alpha value is -3.74. The number of hydrogen-bond donors (Lipinski definition) is 4. The number of carbonyl (C=O) groups is 3. The Labute approximate surface area is 185 Å². The average molecular weight is 438 g/mol. The quantitative estimate of drug-likeness (QED) is 0.464. The highest BCUT2D eigenvalue weighted by Crippen LogP contribution is 2.33. The van der Waals surface area contributed by atoms with Crippen molar-refractivity contribution in [3.63, 3.8) is 0 Å². The molecule has 1 saturated heterocycles. The van der Waals surface area contributed by atoms with E-state index in [0.717, 1.165) is 23.7 Å². The van der Waals surface area contributed by atoms with Crippen LogP contribution in [0.4, 0.5) is 4.79 Å². The number of benzene rings is 1. The number of urea groups is 1. The summed E-state index contributed by atoms with van der Waals surface area (Å²) in [5, 5.41) is 18.4. The van der Waals surface area contributed by atoms with E-state index in [9.17, 15) is 19.6 Å². The number of rotatable bonds is 9. The molecule has 0 radical (unpaired) electrons. The van der Waals surface area contributed by atoms with Gasteiger partial charge in [-0.25, -0.2) is 4.79 Å². The maximum atomic E-state index is 12.9. The Balaban J connectivity index is 1.44. The molecular weight excluding hydrogens is 412 g/mol. The second-order valence-corrected chi connectivity index (χ2v) is 8.18. The summed E-state index contributed by atoms with van der Waals surface area (Å²) in [4.78, 5) is 42.2. The van der Waals surface area contributed by atoms with Gasteiger partial charge >= 0.3 is 6.03 Å². The zero-order chi connectivity index (χ0) is 22.7. The van der Waals surface area contributed by atoms with E-state index in [-0.39, 0.29) is 12.6 Å². The summed E-state index contributed by atoms with van der Waals surface area (Å²) < 4.78 is 5.34. The van der Waals surface area contributed by atoms with Gasteiger partial charge in [0.15, 0.2) is 0 Å². The molecule has 2 heterocycles. The van der Waals surface area contributed by atoms with E-state index in [2.05, 4.69) is 20.9 Å². The summed E-state index contributed by atoms with van der Waals surface area (Å²) in [6, 6.07) is 7.32. The summed E-state index contributed by atoms with van der Waals surface area (Å²) >= 11 is 0. The first-order valence-electron chi connectivity index (χ1n) is 10.7. The molecule has 0 bridgehead atoms. The molecule has 2 fully saturated rings. The Kier molecular flexibility index (Phi) is 6.16. The van der Waals surface area contributed by atoms with Crippen molar-refractivity contribution in [2.24, 2.45) is 5.92 Å². The van der Waals surface area contributed by atoms with Crippen LogP contribution >= 0.6 is 0 Å². The lowest BCUT2D eigenvalue weighted by molar-refractivity contribution is -0.123. The smallest absolute Gasteiger partial charge is 0.317 e. The highest BCUT2D eigenvalue weighted by atomic mass is 16.5. The topological polar surface area (TPSA) is 139 Å². The predicted molar refractivity (Wildman–Crippen MR) is 116 cm³/mol. The summed E-state index contributed by atoms with van der Waals surface area (Å²) in [5.41, 5.74) is 1.08. The van der Waals surface area contributed by atoms with Gasteiger partial charge < -0.3 is 30.6 Å². The van der Waals surface area contributed by atoms with Crippen LogP contribution < -0.4 is 20.7 Å². The molecule has 4 amide bonds. The van der Waals surface area contributed by atoms with Crippen molar-refractivity contribution in [1.29, 1.82) is 5.26 Å². The monoisotopic (exact) mass is 438 g/mol. The van der Waals surface area contributed by atoms with Gasteiger partial charge in [-0.05, 0) is 30.5 Å². The van der Waals surface area contributed by atoms with Crippen LogP contribution in [0.3, 0.4) is 0 Å². The molecule has 168 valence electrons. The normalized spacial score (nSPS) is 17.4. The van der Waals surface area contributed by atoms with Gasteiger partial charge in [-0.2, -0.15) is 5.26 Å². The van der Waals surface area contributed by atoms with E-state index in [1.54, 1.807) is 13.2 Å². The third kappa shape index (κ3) is 4.77. The Morgan fingerprint density at radius 3 is 2.81 bits per heavy atom. The van der Waals surface area contributed by atoms with E-state index in [1.807, 2.05) is 24.3 Å². The first-order valence-corrected chi connectivity index (χ1v) is 10.7. The SMILES string of the molecule is COc1cccc2[nH]c(C(=O)N[C@@H](CC3CC3)C(=O)N[C@H](C#N)CN3CCNC3=O)cc12. The maximum absolute atomic E-state index is 12.9. The van der Waals surface area contributed by atoms with Crippen LogP contribution in [0.1, 0.15) is 29.8 Å². The lowest BCUT2D eigenvalue weighted by atomic mass is 10.1. The van der Waals surface area contributed by atoms with Crippen LogP contribution in [0.15, 0.2) is 24.3 Å². The lowest BCUT2D eigenvalue weighted by Gasteiger charge is -2.22. The average Bonchev–Trinajstić information content (AvgIpc) is 3.35. The standard InChI is InChI=1S/C22H26N6O4/c1-32-19-4-2-3-16-15(19)10-18(26-16)21(30)27-17(9-13-5-6-13)20(29)25-14(11-23)12-28-8-7-24-22(28)31/h2-4,10,13-14,17,26H,5-9,12H2,1H3,(H,24,31)(H,25,29)(H,27,30)/t14-,17+/m1/s1. The highest BCUT2D eigenvalue weighted by molar-refractivity contribution is 6.01. The van der Waals surface area contributed by atoms with Crippen LogP contribution in [0.5, 0.6) is 5.75 Å². The van der Waals surface area contributed by atoms with Crippen molar-refractivity contribution in [3.05, 3.63) is 30.0 Å². The molecule has 1 aliphatic carbocycles. The molecule has 2 aliphatic rings. The first kappa shape index (κ1) is 21.5. The van der Waals surface area contributed by atoms with Crippen LogP contribution in [-0.2, 0) is 4.79 Å². The van der Waals surface area contributed by atoms with Gasteiger partial charge in [-0.3, -0.25) is 9.59 Å². The molecule has 10 heteroatoms. The van der Waals surface area contributed by atoms with Crippen LogP contribution in [-0.4, -0.2) is 66.6 Å².